The molecule has 2 aromatic carbocycles. The van der Waals surface area contributed by atoms with Gasteiger partial charge in [-0.3, -0.25) is 4.79 Å². The van der Waals surface area contributed by atoms with Gasteiger partial charge in [-0.15, -0.1) is 0 Å². The molecular weight excluding hydrogens is 380 g/mol. The number of alkyl halides is 2. The van der Waals surface area contributed by atoms with Gasteiger partial charge in [-0.1, -0.05) is 18.2 Å². The lowest BCUT2D eigenvalue weighted by molar-refractivity contribution is -0.124. The van der Waals surface area contributed by atoms with E-state index in [1.54, 1.807) is 18.2 Å². The maximum atomic E-state index is 12.2. The van der Waals surface area contributed by atoms with Crippen LogP contribution in [0.4, 0.5) is 8.78 Å². The van der Waals surface area contributed by atoms with Crippen LogP contribution in [0.2, 0.25) is 0 Å². The molecule has 0 atom stereocenters. The van der Waals surface area contributed by atoms with Gasteiger partial charge in [0.15, 0.2) is 6.61 Å². The summed E-state index contributed by atoms with van der Waals surface area (Å²) in [5.74, 6) is -0.820. The van der Waals surface area contributed by atoms with Crippen molar-refractivity contribution in [3.8, 4) is 5.75 Å². The molecule has 3 rings (SSSR count). The van der Waals surface area contributed by atoms with E-state index in [4.69, 9.17) is 4.74 Å². The quantitative estimate of drug-likeness (QED) is 0.683. The van der Waals surface area contributed by atoms with Crippen LogP contribution < -0.4 is 10.1 Å². The Morgan fingerprint density at radius 1 is 1.00 bits per heavy atom. The minimum Gasteiger partial charge on any atom is -0.452 e. The Balaban J connectivity index is 1.39. The zero-order valence-electron chi connectivity index (χ0n) is 16.0. The van der Waals surface area contributed by atoms with Gasteiger partial charge in [0.2, 0.25) is 0 Å². The number of nitrogens with one attached hydrogen (secondary N) is 1. The maximum absolute atomic E-state index is 12.2. The molecule has 1 amide bonds. The molecule has 0 saturated heterocycles. The molecule has 0 radical (unpaired) electrons. The summed E-state index contributed by atoms with van der Waals surface area (Å²) in [6.07, 6.45) is 4.81. The first-order valence-corrected chi connectivity index (χ1v) is 9.60. The number of carbonyl (C=O) groups is 2. The van der Waals surface area contributed by atoms with Crippen molar-refractivity contribution in [1.82, 2.24) is 5.32 Å². The highest BCUT2D eigenvalue weighted by Gasteiger charge is 2.15. The van der Waals surface area contributed by atoms with Gasteiger partial charge in [0.05, 0.1) is 5.56 Å². The number of benzene rings is 2. The van der Waals surface area contributed by atoms with Gasteiger partial charge < -0.3 is 14.8 Å². The molecule has 0 saturated carbocycles. The van der Waals surface area contributed by atoms with E-state index in [9.17, 15) is 18.4 Å². The zero-order valence-corrected chi connectivity index (χ0v) is 16.0. The fourth-order valence-corrected chi connectivity index (χ4v) is 3.31. The highest BCUT2D eigenvalue weighted by molar-refractivity contribution is 5.91. The Labute approximate surface area is 168 Å². The van der Waals surface area contributed by atoms with Gasteiger partial charge >= 0.3 is 12.6 Å². The number of ether oxygens (including phenoxy) is 2. The molecule has 7 heteroatoms. The number of hydrogen-bond acceptors (Lipinski definition) is 4. The number of rotatable bonds is 8. The number of aryl methyl sites for hydroxylation is 2. The van der Waals surface area contributed by atoms with Crippen molar-refractivity contribution in [3.05, 3.63) is 64.7 Å². The highest BCUT2D eigenvalue weighted by Crippen LogP contribution is 2.22. The van der Waals surface area contributed by atoms with E-state index in [0.717, 1.165) is 24.8 Å². The van der Waals surface area contributed by atoms with Crippen molar-refractivity contribution in [2.45, 2.75) is 38.7 Å². The first-order valence-electron chi connectivity index (χ1n) is 9.60. The Morgan fingerprint density at radius 2 is 1.72 bits per heavy atom. The summed E-state index contributed by atoms with van der Waals surface area (Å²) in [6, 6.07) is 11.8. The molecule has 0 heterocycles. The van der Waals surface area contributed by atoms with E-state index in [1.807, 2.05) is 12.1 Å². The Kier molecular flexibility index (Phi) is 7.16. The van der Waals surface area contributed by atoms with Crippen LogP contribution >= 0.6 is 0 Å². The molecule has 1 aliphatic carbocycles. The molecule has 154 valence electrons. The standard InChI is InChI=1S/C22H23F2NO4/c23-22(24)29-19-9-5-15(6-10-19)11-12-25-20(26)14-28-21(27)18-8-7-16-3-1-2-4-17(16)13-18/h5-10,13,22H,1-4,11-12,14H2,(H,25,26). The number of amides is 1. The maximum Gasteiger partial charge on any atom is 0.387 e. The van der Waals surface area contributed by atoms with Crippen molar-refractivity contribution < 1.29 is 27.8 Å². The van der Waals surface area contributed by atoms with E-state index >= 15 is 0 Å². The summed E-state index contributed by atoms with van der Waals surface area (Å²) in [5.41, 5.74) is 3.78. The molecule has 29 heavy (non-hydrogen) atoms. The molecule has 0 aliphatic heterocycles. The van der Waals surface area contributed by atoms with E-state index < -0.39 is 18.5 Å². The topological polar surface area (TPSA) is 64.6 Å². The van der Waals surface area contributed by atoms with Crippen LogP contribution in [0.15, 0.2) is 42.5 Å². The number of halogens is 2. The monoisotopic (exact) mass is 403 g/mol. The molecule has 0 fully saturated rings. The van der Waals surface area contributed by atoms with Crippen LogP contribution in [0.5, 0.6) is 5.75 Å². The van der Waals surface area contributed by atoms with Gasteiger partial charge in [0.25, 0.3) is 5.91 Å². The molecular formula is C22H23F2NO4. The lowest BCUT2D eigenvalue weighted by Gasteiger charge is -2.16. The van der Waals surface area contributed by atoms with Crippen LogP contribution in [-0.2, 0) is 28.8 Å². The van der Waals surface area contributed by atoms with E-state index in [2.05, 4.69) is 10.1 Å². The molecule has 0 spiro atoms. The summed E-state index contributed by atoms with van der Waals surface area (Å²) < 4.78 is 33.6. The van der Waals surface area contributed by atoms with Crippen LogP contribution in [-0.4, -0.2) is 31.6 Å². The SMILES string of the molecule is O=C(COC(=O)c1ccc2c(c1)CCCC2)NCCc1ccc(OC(F)F)cc1. The summed E-state index contributed by atoms with van der Waals surface area (Å²) >= 11 is 0. The number of carbonyl (C=O) groups excluding carboxylic acids is 2. The second-order valence-corrected chi connectivity index (χ2v) is 6.89. The first kappa shape index (κ1) is 20.8. The molecule has 0 unspecified atom stereocenters. The molecule has 1 N–H and O–H groups in total. The van der Waals surface area contributed by atoms with Gasteiger partial charge in [-0.25, -0.2) is 4.79 Å². The number of fused-ring (bicyclic) bond motifs is 1. The third kappa shape index (κ3) is 6.27. The molecule has 5 nitrogen and oxygen atoms in total. The predicted octanol–water partition coefficient (Wildman–Crippen LogP) is 3.68. The lowest BCUT2D eigenvalue weighted by atomic mass is 9.90. The summed E-state index contributed by atoms with van der Waals surface area (Å²) in [5, 5.41) is 2.67. The van der Waals surface area contributed by atoms with Crippen molar-refractivity contribution >= 4 is 11.9 Å². The highest BCUT2D eigenvalue weighted by atomic mass is 19.3. The molecule has 1 aliphatic rings. The van der Waals surface area contributed by atoms with E-state index in [-0.39, 0.29) is 12.4 Å². The Morgan fingerprint density at radius 3 is 2.45 bits per heavy atom. The van der Waals surface area contributed by atoms with Crippen LogP contribution in [0, 0.1) is 0 Å². The van der Waals surface area contributed by atoms with Gasteiger partial charge in [0.1, 0.15) is 5.75 Å². The van der Waals surface area contributed by atoms with Crippen molar-refractivity contribution in [2.24, 2.45) is 0 Å². The summed E-state index contributed by atoms with van der Waals surface area (Å²) in [7, 11) is 0. The number of esters is 1. The predicted molar refractivity (Wildman–Crippen MR) is 103 cm³/mol. The molecule has 0 aromatic heterocycles. The minimum absolute atomic E-state index is 0.0851. The third-order valence-corrected chi connectivity index (χ3v) is 4.80. The average Bonchev–Trinajstić information content (AvgIpc) is 2.72. The van der Waals surface area contributed by atoms with Crippen molar-refractivity contribution in [3.63, 3.8) is 0 Å². The van der Waals surface area contributed by atoms with Crippen LogP contribution in [0.1, 0.15) is 39.9 Å². The minimum atomic E-state index is -2.86. The van der Waals surface area contributed by atoms with Crippen LogP contribution in [0.3, 0.4) is 0 Å². The Bertz CT molecular complexity index is 852. The van der Waals surface area contributed by atoms with Gasteiger partial charge in [0, 0.05) is 6.54 Å². The average molecular weight is 403 g/mol. The lowest BCUT2D eigenvalue weighted by Crippen LogP contribution is -2.30. The normalized spacial score (nSPS) is 12.9. The molecule has 2 aromatic rings. The summed E-state index contributed by atoms with van der Waals surface area (Å²) in [6.45, 7) is -2.87. The van der Waals surface area contributed by atoms with E-state index in [1.165, 1.54) is 29.7 Å². The van der Waals surface area contributed by atoms with Gasteiger partial charge in [-0.2, -0.15) is 8.78 Å². The molecule has 0 bridgehead atoms. The van der Waals surface area contributed by atoms with Crippen molar-refractivity contribution in [1.29, 1.82) is 0 Å². The smallest absolute Gasteiger partial charge is 0.387 e. The van der Waals surface area contributed by atoms with E-state index in [0.29, 0.717) is 18.5 Å². The second kappa shape index (κ2) is 10.0. The number of hydrogen-bond donors (Lipinski definition) is 1. The summed E-state index contributed by atoms with van der Waals surface area (Å²) in [4.78, 5) is 24.1. The third-order valence-electron chi connectivity index (χ3n) is 4.80. The largest absolute Gasteiger partial charge is 0.452 e. The van der Waals surface area contributed by atoms with Crippen LogP contribution in [0.25, 0.3) is 0 Å². The zero-order chi connectivity index (χ0) is 20.6. The van der Waals surface area contributed by atoms with Crippen molar-refractivity contribution in [2.75, 3.05) is 13.2 Å². The fourth-order valence-electron chi connectivity index (χ4n) is 3.31. The Hall–Kier alpha value is -2.96. The fraction of sp³-hybridized carbons (Fsp3) is 0.364. The van der Waals surface area contributed by atoms with Gasteiger partial charge in [-0.05, 0) is 73.1 Å². The first-order chi connectivity index (χ1) is 14.0. The second-order valence-electron chi connectivity index (χ2n) is 6.89.